The zero-order chi connectivity index (χ0) is 13.7. The molecule has 0 aliphatic rings. The van der Waals surface area contributed by atoms with Crippen molar-refractivity contribution < 1.29 is 9.72 Å². The topological polar surface area (TPSA) is 98.3 Å². The zero-order valence-corrected chi connectivity index (χ0v) is 11.0. The molecular weight excluding hydrogens is 254 g/mol. The van der Waals surface area contributed by atoms with Gasteiger partial charge in [0.2, 0.25) is 0 Å². The number of hydrogen-bond donors (Lipinski definition) is 2. The molecule has 0 radical (unpaired) electrons. The normalized spacial score (nSPS) is 11.9. The van der Waals surface area contributed by atoms with Gasteiger partial charge >= 0.3 is 5.69 Å². The quantitative estimate of drug-likeness (QED) is 0.481. The number of carbonyl (C=O) groups is 1. The lowest BCUT2D eigenvalue weighted by atomic mass is 10.1. The van der Waals surface area contributed by atoms with E-state index in [9.17, 15) is 14.9 Å². The number of nitrogens with zero attached hydrogens (tertiary/aromatic N) is 1. The van der Waals surface area contributed by atoms with Gasteiger partial charge in [0.25, 0.3) is 5.91 Å². The average molecular weight is 269 g/mol. The molecular formula is C11H15N3O3S. The summed E-state index contributed by atoms with van der Waals surface area (Å²) < 4.78 is 0. The highest BCUT2D eigenvalue weighted by molar-refractivity contribution is 7.98. The van der Waals surface area contributed by atoms with Gasteiger partial charge < -0.3 is 11.1 Å². The van der Waals surface area contributed by atoms with Crippen LogP contribution in [0.1, 0.15) is 17.3 Å². The number of hydrogen-bond acceptors (Lipinski definition) is 5. The maximum absolute atomic E-state index is 11.9. The molecule has 0 aliphatic heterocycles. The molecule has 1 aromatic rings. The lowest BCUT2D eigenvalue weighted by Gasteiger charge is -2.12. The van der Waals surface area contributed by atoms with Crippen LogP contribution in [0, 0.1) is 10.1 Å². The van der Waals surface area contributed by atoms with Crippen LogP contribution in [0.3, 0.4) is 0 Å². The Morgan fingerprint density at radius 3 is 2.83 bits per heavy atom. The molecule has 1 amide bonds. The smallest absolute Gasteiger partial charge is 0.304 e. The fourth-order valence-electron chi connectivity index (χ4n) is 1.54. The van der Waals surface area contributed by atoms with Crippen LogP contribution < -0.4 is 11.1 Å². The Hall–Kier alpha value is -1.76. The summed E-state index contributed by atoms with van der Waals surface area (Å²) in [5.41, 5.74) is 5.17. The molecule has 1 unspecified atom stereocenters. The van der Waals surface area contributed by atoms with E-state index in [4.69, 9.17) is 5.73 Å². The fraction of sp³-hybridized carbons (Fsp3) is 0.364. The second-order valence-corrected chi connectivity index (χ2v) is 4.74. The zero-order valence-electron chi connectivity index (χ0n) is 10.2. The van der Waals surface area contributed by atoms with Crippen LogP contribution in [0.15, 0.2) is 18.2 Å². The minimum absolute atomic E-state index is 0.00652. The number of nitrogens with one attached hydrogen (secondary N) is 1. The summed E-state index contributed by atoms with van der Waals surface area (Å²) in [6.45, 7) is 1.84. The van der Waals surface area contributed by atoms with Crippen molar-refractivity contribution in [2.24, 2.45) is 0 Å². The van der Waals surface area contributed by atoms with Crippen molar-refractivity contribution in [3.05, 3.63) is 33.9 Å². The maximum Gasteiger partial charge on any atom is 0.304 e. The van der Waals surface area contributed by atoms with Crippen molar-refractivity contribution in [1.29, 1.82) is 0 Å². The van der Waals surface area contributed by atoms with Gasteiger partial charge in [-0.25, -0.2) is 0 Å². The summed E-state index contributed by atoms with van der Waals surface area (Å²) in [6, 6.07) is 4.26. The van der Waals surface area contributed by atoms with Crippen LogP contribution in [0.4, 0.5) is 11.4 Å². The number of benzene rings is 1. The number of thioether (sulfide) groups is 1. The fourth-order valence-corrected chi connectivity index (χ4v) is 2.12. The lowest BCUT2D eigenvalue weighted by molar-refractivity contribution is -0.384. The molecule has 7 heteroatoms. The molecule has 0 aromatic heterocycles. The van der Waals surface area contributed by atoms with Crippen molar-refractivity contribution in [1.82, 2.24) is 5.32 Å². The van der Waals surface area contributed by atoms with Gasteiger partial charge in [-0.2, -0.15) is 11.8 Å². The first kappa shape index (κ1) is 14.3. The van der Waals surface area contributed by atoms with E-state index in [1.54, 1.807) is 11.8 Å². The third-order valence-corrected chi connectivity index (χ3v) is 3.12. The molecule has 0 saturated heterocycles. The van der Waals surface area contributed by atoms with Gasteiger partial charge in [-0.1, -0.05) is 6.07 Å². The summed E-state index contributed by atoms with van der Waals surface area (Å²) in [5.74, 6) is 0.262. The van der Waals surface area contributed by atoms with Gasteiger partial charge in [0.15, 0.2) is 0 Å². The SMILES string of the molecule is CSCC(C)NC(=O)c1cccc(N)c1[N+](=O)[O-]. The molecule has 0 fully saturated rings. The third kappa shape index (κ3) is 3.36. The molecule has 0 heterocycles. The van der Waals surface area contributed by atoms with E-state index in [1.165, 1.54) is 18.2 Å². The highest BCUT2D eigenvalue weighted by atomic mass is 32.2. The summed E-state index contributed by atoms with van der Waals surface area (Å²) in [6.07, 6.45) is 1.92. The molecule has 18 heavy (non-hydrogen) atoms. The summed E-state index contributed by atoms with van der Waals surface area (Å²) in [5, 5.41) is 13.6. The number of nitro groups is 1. The van der Waals surface area contributed by atoms with Gasteiger partial charge in [0.1, 0.15) is 11.3 Å². The summed E-state index contributed by atoms with van der Waals surface area (Å²) in [7, 11) is 0. The van der Waals surface area contributed by atoms with Gasteiger partial charge in [-0.3, -0.25) is 14.9 Å². The number of para-hydroxylation sites is 1. The first-order valence-electron chi connectivity index (χ1n) is 5.30. The predicted octanol–water partition coefficient (Wildman–Crippen LogP) is 1.66. The van der Waals surface area contributed by atoms with Crippen LogP contribution in [0.25, 0.3) is 0 Å². The van der Waals surface area contributed by atoms with E-state index in [1.807, 2.05) is 13.2 Å². The Labute approximate surface area is 109 Å². The Balaban J connectivity index is 2.99. The minimum Gasteiger partial charge on any atom is -0.393 e. The van der Waals surface area contributed by atoms with Crippen molar-refractivity contribution in [3.63, 3.8) is 0 Å². The van der Waals surface area contributed by atoms with E-state index >= 15 is 0 Å². The van der Waals surface area contributed by atoms with E-state index in [0.717, 1.165) is 5.75 Å². The Morgan fingerprint density at radius 1 is 1.61 bits per heavy atom. The molecule has 0 aliphatic carbocycles. The molecule has 0 saturated carbocycles. The number of anilines is 1. The van der Waals surface area contributed by atoms with Gasteiger partial charge in [0, 0.05) is 11.8 Å². The molecule has 1 rings (SSSR count). The number of nitro benzene ring substituents is 1. The molecule has 1 aromatic carbocycles. The first-order chi connectivity index (χ1) is 8.47. The number of amides is 1. The van der Waals surface area contributed by atoms with Crippen molar-refractivity contribution >= 4 is 29.0 Å². The van der Waals surface area contributed by atoms with Crippen LogP contribution >= 0.6 is 11.8 Å². The first-order valence-corrected chi connectivity index (χ1v) is 6.69. The van der Waals surface area contributed by atoms with Gasteiger partial charge in [-0.05, 0) is 25.3 Å². The number of rotatable bonds is 5. The van der Waals surface area contributed by atoms with Crippen molar-refractivity contribution in [2.75, 3.05) is 17.7 Å². The summed E-state index contributed by atoms with van der Waals surface area (Å²) in [4.78, 5) is 22.2. The highest BCUT2D eigenvalue weighted by Crippen LogP contribution is 2.25. The molecule has 3 N–H and O–H groups in total. The largest absolute Gasteiger partial charge is 0.393 e. The average Bonchev–Trinajstić information content (AvgIpc) is 2.28. The minimum atomic E-state index is -0.635. The van der Waals surface area contributed by atoms with Gasteiger partial charge in [-0.15, -0.1) is 0 Å². The standard InChI is InChI=1S/C11H15N3O3S/c1-7(6-18-2)13-11(15)8-4-3-5-9(12)10(8)14(16)17/h3-5,7H,6,12H2,1-2H3,(H,13,15). The van der Waals surface area contributed by atoms with Crippen LogP contribution in [0.5, 0.6) is 0 Å². The van der Waals surface area contributed by atoms with E-state index in [0.29, 0.717) is 0 Å². The highest BCUT2D eigenvalue weighted by Gasteiger charge is 2.23. The second kappa shape index (κ2) is 6.25. The number of nitrogens with two attached hydrogens (primary N) is 1. The number of nitrogen functional groups attached to an aromatic ring is 1. The van der Waals surface area contributed by atoms with Gasteiger partial charge in [0.05, 0.1) is 4.92 Å². The van der Waals surface area contributed by atoms with Crippen LogP contribution in [-0.4, -0.2) is 28.9 Å². The van der Waals surface area contributed by atoms with Crippen LogP contribution in [-0.2, 0) is 0 Å². The lowest BCUT2D eigenvalue weighted by Crippen LogP contribution is -2.34. The maximum atomic E-state index is 11.9. The Bertz CT molecular complexity index is 465. The van der Waals surface area contributed by atoms with E-state index < -0.39 is 10.8 Å². The van der Waals surface area contributed by atoms with E-state index in [2.05, 4.69) is 5.32 Å². The molecule has 0 spiro atoms. The monoisotopic (exact) mass is 269 g/mol. The number of carbonyl (C=O) groups excluding carboxylic acids is 1. The van der Waals surface area contributed by atoms with Crippen LogP contribution in [0.2, 0.25) is 0 Å². The Morgan fingerprint density at radius 2 is 2.28 bits per heavy atom. The molecule has 0 bridgehead atoms. The molecule has 6 nitrogen and oxygen atoms in total. The Kier molecular flexibility index (Phi) is 4.96. The summed E-state index contributed by atoms with van der Waals surface area (Å²) >= 11 is 1.59. The third-order valence-electron chi connectivity index (χ3n) is 2.29. The predicted molar refractivity (Wildman–Crippen MR) is 72.8 cm³/mol. The molecule has 1 atom stereocenters. The van der Waals surface area contributed by atoms with Crippen molar-refractivity contribution in [2.45, 2.75) is 13.0 Å². The van der Waals surface area contributed by atoms with E-state index in [-0.39, 0.29) is 23.0 Å². The molecule has 98 valence electrons. The second-order valence-electron chi connectivity index (χ2n) is 3.83. The van der Waals surface area contributed by atoms with Crippen molar-refractivity contribution in [3.8, 4) is 0 Å².